The number of aromatic hydroxyl groups is 1. The number of nitrogens with two attached hydrogens (primary N) is 1. The molecule has 13 heavy (non-hydrogen) atoms. The van der Waals surface area contributed by atoms with Crippen LogP contribution in [0.25, 0.3) is 0 Å². The first-order valence-electron chi connectivity index (χ1n) is 3.74. The maximum Gasteiger partial charge on any atom is 0.343 e. The largest absolute Gasteiger partial charge is 0.507 e. The van der Waals surface area contributed by atoms with Gasteiger partial charge in [-0.3, -0.25) is 0 Å². The Balaban J connectivity index is 3.33. The van der Waals surface area contributed by atoms with Crippen LogP contribution in [-0.4, -0.2) is 18.2 Å². The molecule has 70 valence electrons. The Bertz CT molecular complexity index is 347. The van der Waals surface area contributed by atoms with Crippen LogP contribution in [-0.2, 0) is 4.74 Å². The lowest BCUT2D eigenvalue weighted by Gasteiger charge is -2.07. The third kappa shape index (κ3) is 1.56. The molecule has 1 rings (SSSR count). The van der Waals surface area contributed by atoms with E-state index in [0.717, 1.165) is 0 Å². The van der Waals surface area contributed by atoms with Crippen LogP contribution in [0.2, 0.25) is 0 Å². The molecule has 4 heteroatoms. The number of aryl methyl sites for hydroxylation is 1. The molecule has 0 aliphatic rings. The van der Waals surface area contributed by atoms with Crippen LogP contribution in [0.4, 0.5) is 5.69 Å². The fourth-order valence-corrected chi connectivity index (χ4v) is 1.03. The molecule has 1 aromatic rings. The molecule has 0 atom stereocenters. The topological polar surface area (TPSA) is 72.5 Å². The number of ether oxygens (including phenoxy) is 1. The van der Waals surface area contributed by atoms with Crippen LogP contribution < -0.4 is 5.73 Å². The lowest BCUT2D eigenvalue weighted by atomic mass is 10.1. The number of phenolic OH excluding ortho intramolecular Hbond substituents is 1. The van der Waals surface area contributed by atoms with Crippen molar-refractivity contribution >= 4 is 11.7 Å². The SMILES string of the molecule is COC(=O)c1c(N)ccc(C)c1O. The third-order valence-corrected chi connectivity index (χ3v) is 1.80. The van der Waals surface area contributed by atoms with Crippen molar-refractivity contribution in [1.82, 2.24) is 0 Å². The number of carbonyl (C=O) groups is 1. The Labute approximate surface area is 75.9 Å². The van der Waals surface area contributed by atoms with Crippen molar-refractivity contribution in [3.8, 4) is 5.75 Å². The van der Waals surface area contributed by atoms with Crippen molar-refractivity contribution in [1.29, 1.82) is 0 Å². The minimum Gasteiger partial charge on any atom is -0.507 e. The summed E-state index contributed by atoms with van der Waals surface area (Å²) in [6.07, 6.45) is 0. The van der Waals surface area contributed by atoms with Gasteiger partial charge < -0.3 is 15.6 Å². The highest BCUT2D eigenvalue weighted by Gasteiger charge is 2.16. The highest BCUT2D eigenvalue weighted by atomic mass is 16.5. The van der Waals surface area contributed by atoms with Crippen LogP contribution in [0.3, 0.4) is 0 Å². The molecule has 0 saturated carbocycles. The highest BCUT2D eigenvalue weighted by molar-refractivity contribution is 5.98. The standard InChI is InChI=1S/C9H11NO3/c1-5-3-4-6(10)7(8(5)11)9(12)13-2/h3-4,11H,10H2,1-2H3. The van der Waals surface area contributed by atoms with E-state index in [2.05, 4.69) is 4.74 Å². The summed E-state index contributed by atoms with van der Waals surface area (Å²) in [4.78, 5) is 11.1. The highest BCUT2D eigenvalue weighted by Crippen LogP contribution is 2.27. The lowest BCUT2D eigenvalue weighted by Crippen LogP contribution is -2.06. The van der Waals surface area contributed by atoms with Gasteiger partial charge in [-0.25, -0.2) is 4.79 Å². The van der Waals surface area contributed by atoms with Gasteiger partial charge in [-0.1, -0.05) is 6.07 Å². The minimum absolute atomic E-state index is 0.0301. The molecule has 0 heterocycles. The van der Waals surface area contributed by atoms with Crippen LogP contribution in [0.1, 0.15) is 15.9 Å². The maximum atomic E-state index is 11.1. The zero-order valence-electron chi connectivity index (χ0n) is 7.50. The van der Waals surface area contributed by atoms with Crippen molar-refractivity contribution in [3.05, 3.63) is 23.3 Å². The van der Waals surface area contributed by atoms with Crippen molar-refractivity contribution in [3.63, 3.8) is 0 Å². The first-order valence-corrected chi connectivity index (χ1v) is 3.74. The second-order valence-corrected chi connectivity index (χ2v) is 2.69. The molecule has 0 aliphatic carbocycles. The fourth-order valence-electron chi connectivity index (χ4n) is 1.03. The van der Waals surface area contributed by atoms with Crippen LogP contribution >= 0.6 is 0 Å². The summed E-state index contributed by atoms with van der Waals surface area (Å²) >= 11 is 0. The van der Waals surface area contributed by atoms with Crippen molar-refractivity contribution in [2.45, 2.75) is 6.92 Å². The summed E-state index contributed by atoms with van der Waals surface area (Å²) in [6, 6.07) is 3.19. The number of methoxy groups -OCH3 is 1. The summed E-state index contributed by atoms with van der Waals surface area (Å²) in [5, 5.41) is 9.50. The van der Waals surface area contributed by atoms with Gasteiger partial charge >= 0.3 is 5.97 Å². The van der Waals surface area contributed by atoms with E-state index in [1.54, 1.807) is 19.1 Å². The molecule has 0 amide bonds. The van der Waals surface area contributed by atoms with Gasteiger partial charge in [0.05, 0.1) is 7.11 Å². The number of carbonyl (C=O) groups excluding carboxylic acids is 1. The normalized spacial score (nSPS) is 9.69. The second-order valence-electron chi connectivity index (χ2n) is 2.69. The molecule has 0 fully saturated rings. The molecule has 0 bridgehead atoms. The monoisotopic (exact) mass is 181 g/mol. The van der Waals surface area contributed by atoms with Crippen LogP contribution in [0.15, 0.2) is 12.1 Å². The Hall–Kier alpha value is -1.71. The summed E-state index contributed by atoms with van der Waals surface area (Å²) in [6.45, 7) is 1.68. The molecular formula is C9H11NO3. The molecule has 0 aliphatic heterocycles. The molecule has 1 aromatic carbocycles. The molecule has 0 aromatic heterocycles. The number of rotatable bonds is 1. The van der Waals surface area contributed by atoms with E-state index in [4.69, 9.17) is 5.73 Å². The molecule has 4 nitrogen and oxygen atoms in total. The number of anilines is 1. The summed E-state index contributed by atoms with van der Waals surface area (Å²) in [5.74, 6) is -0.745. The molecule has 0 unspecified atom stereocenters. The predicted molar refractivity (Wildman–Crippen MR) is 48.6 cm³/mol. The van der Waals surface area contributed by atoms with Crippen molar-refractivity contribution in [2.24, 2.45) is 0 Å². The lowest BCUT2D eigenvalue weighted by molar-refractivity contribution is 0.0598. The minimum atomic E-state index is -0.626. The van der Waals surface area contributed by atoms with E-state index in [1.807, 2.05) is 0 Å². The number of phenols is 1. The van der Waals surface area contributed by atoms with E-state index in [-0.39, 0.29) is 17.0 Å². The van der Waals surface area contributed by atoms with Gasteiger partial charge in [0.15, 0.2) is 0 Å². The van der Waals surface area contributed by atoms with Gasteiger partial charge in [0.1, 0.15) is 11.3 Å². The Morgan fingerprint density at radius 2 is 2.15 bits per heavy atom. The van der Waals surface area contributed by atoms with Gasteiger partial charge in [-0.2, -0.15) is 0 Å². The van der Waals surface area contributed by atoms with Crippen molar-refractivity contribution in [2.75, 3.05) is 12.8 Å². The summed E-state index contributed by atoms with van der Waals surface area (Å²) < 4.78 is 4.47. The average Bonchev–Trinajstić information content (AvgIpc) is 2.12. The number of nitrogen functional groups attached to an aromatic ring is 1. The van der Waals surface area contributed by atoms with E-state index in [0.29, 0.717) is 5.56 Å². The summed E-state index contributed by atoms with van der Waals surface area (Å²) in [7, 11) is 1.24. The van der Waals surface area contributed by atoms with E-state index >= 15 is 0 Å². The first-order chi connectivity index (χ1) is 6.07. The molecule has 0 radical (unpaired) electrons. The van der Waals surface area contributed by atoms with Crippen LogP contribution in [0, 0.1) is 6.92 Å². The molecule has 0 spiro atoms. The van der Waals surface area contributed by atoms with Crippen LogP contribution in [0.5, 0.6) is 5.75 Å². The van der Waals surface area contributed by atoms with E-state index in [1.165, 1.54) is 7.11 Å². The average molecular weight is 181 g/mol. The van der Waals surface area contributed by atoms with E-state index < -0.39 is 5.97 Å². The number of benzene rings is 1. The second kappa shape index (κ2) is 3.35. The predicted octanol–water partition coefficient (Wildman–Crippen LogP) is 1.07. The first kappa shape index (κ1) is 9.38. The van der Waals surface area contributed by atoms with Crippen molar-refractivity contribution < 1.29 is 14.6 Å². The van der Waals surface area contributed by atoms with Gasteiger partial charge in [-0.05, 0) is 18.6 Å². The Morgan fingerprint density at radius 1 is 1.54 bits per heavy atom. The van der Waals surface area contributed by atoms with Gasteiger partial charge in [-0.15, -0.1) is 0 Å². The third-order valence-electron chi connectivity index (χ3n) is 1.80. The Kier molecular flexibility index (Phi) is 2.41. The molecule has 3 N–H and O–H groups in total. The molecular weight excluding hydrogens is 170 g/mol. The van der Waals surface area contributed by atoms with E-state index in [9.17, 15) is 9.90 Å². The van der Waals surface area contributed by atoms with Gasteiger partial charge in [0, 0.05) is 5.69 Å². The van der Waals surface area contributed by atoms with Gasteiger partial charge in [0.25, 0.3) is 0 Å². The zero-order valence-corrected chi connectivity index (χ0v) is 7.50. The smallest absolute Gasteiger partial charge is 0.343 e. The summed E-state index contributed by atoms with van der Waals surface area (Å²) in [5.41, 5.74) is 6.35. The quantitative estimate of drug-likeness (QED) is 0.502. The fraction of sp³-hybridized carbons (Fsp3) is 0.222. The Morgan fingerprint density at radius 3 is 2.69 bits per heavy atom. The maximum absolute atomic E-state index is 11.1. The van der Waals surface area contributed by atoms with Gasteiger partial charge in [0.2, 0.25) is 0 Å². The number of esters is 1. The molecule has 0 saturated heterocycles. The number of hydrogen-bond acceptors (Lipinski definition) is 4. The number of hydrogen-bond donors (Lipinski definition) is 2. The zero-order chi connectivity index (χ0) is 10.0.